The molecule has 2 aromatic rings. The van der Waals surface area contributed by atoms with Crippen LogP contribution in [0.4, 0.5) is 5.69 Å². The minimum atomic E-state index is 0.0984. The summed E-state index contributed by atoms with van der Waals surface area (Å²) in [7, 11) is 0. The van der Waals surface area contributed by atoms with E-state index in [1.54, 1.807) is 6.20 Å². The first kappa shape index (κ1) is 15.0. The van der Waals surface area contributed by atoms with E-state index in [1.807, 2.05) is 30.3 Å². The molecule has 2 N–H and O–H groups in total. The van der Waals surface area contributed by atoms with Gasteiger partial charge in [0.05, 0.1) is 5.52 Å². The van der Waals surface area contributed by atoms with Crippen LogP contribution in [-0.4, -0.2) is 24.0 Å². The van der Waals surface area contributed by atoms with Gasteiger partial charge in [0.15, 0.2) is 0 Å². The zero-order chi connectivity index (χ0) is 15.4. The normalized spacial score (nSPS) is 19.8. The Kier molecular flexibility index (Phi) is 4.68. The molecule has 1 aromatic carbocycles. The molecular formula is C18H23N3O. The van der Waals surface area contributed by atoms with Gasteiger partial charge in [-0.3, -0.25) is 9.78 Å². The highest BCUT2D eigenvalue weighted by Crippen LogP contribution is 2.23. The fourth-order valence-corrected chi connectivity index (χ4v) is 3.19. The molecule has 1 aromatic heterocycles. The van der Waals surface area contributed by atoms with Crippen molar-refractivity contribution in [1.82, 2.24) is 10.3 Å². The van der Waals surface area contributed by atoms with Gasteiger partial charge in [0.25, 0.3) is 0 Å². The Hall–Kier alpha value is -1.94. The second-order valence-corrected chi connectivity index (χ2v) is 6.25. The van der Waals surface area contributed by atoms with Crippen molar-refractivity contribution < 1.29 is 4.79 Å². The molecule has 0 bridgehead atoms. The van der Waals surface area contributed by atoms with Crippen molar-refractivity contribution >= 4 is 22.5 Å². The van der Waals surface area contributed by atoms with Gasteiger partial charge in [-0.1, -0.05) is 13.0 Å². The molecule has 1 aliphatic rings. The number of aromatic nitrogens is 1. The lowest BCUT2D eigenvalue weighted by atomic mass is 9.85. The van der Waals surface area contributed by atoms with Gasteiger partial charge in [-0.25, -0.2) is 0 Å². The molecule has 0 saturated carbocycles. The first-order valence-corrected chi connectivity index (χ1v) is 8.08. The van der Waals surface area contributed by atoms with E-state index < -0.39 is 0 Å². The molecule has 2 atom stereocenters. The highest BCUT2D eigenvalue weighted by molar-refractivity contribution is 5.93. The minimum Gasteiger partial charge on any atom is -0.326 e. The van der Waals surface area contributed by atoms with Gasteiger partial charge < -0.3 is 10.6 Å². The molecule has 2 heterocycles. The maximum atomic E-state index is 12.3. The minimum absolute atomic E-state index is 0.0984. The number of amides is 1. The van der Waals surface area contributed by atoms with Crippen LogP contribution in [0.5, 0.6) is 0 Å². The lowest BCUT2D eigenvalue weighted by Gasteiger charge is -2.28. The summed E-state index contributed by atoms with van der Waals surface area (Å²) in [4.78, 5) is 16.5. The number of carbonyl (C=O) groups excluding carboxylic acids is 1. The molecule has 1 amide bonds. The smallest absolute Gasteiger partial charge is 0.224 e. The van der Waals surface area contributed by atoms with E-state index >= 15 is 0 Å². The van der Waals surface area contributed by atoms with Crippen molar-refractivity contribution in [1.29, 1.82) is 0 Å². The highest BCUT2D eigenvalue weighted by atomic mass is 16.1. The average molecular weight is 297 g/mol. The number of nitrogens with one attached hydrogen (secondary N) is 2. The van der Waals surface area contributed by atoms with Gasteiger partial charge in [-0.2, -0.15) is 0 Å². The molecule has 4 heteroatoms. The van der Waals surface area contributed by atoms with E-state index in [1.165, 1.54) is 12.8 Å². The van der Waals surface area contributed by atoms with Crippen molar-refractivity contribution in [3.05, 3.63) is 36.5 Å². The van der Waals surface area contributed by atoms with Crippen molar-refractivity contribution in [2.75, 3.05) is 18.4 Å². The molecular weight excluding hydrogens is 274 g/mol. The van der Waals surface area contributed by atoms with Crippen LogP contribution in [0.2, 0.25) is 0 Å². The van der Waals surface area contributed by atoms with E-state index in [-0.39, 0.29) is 5.91 Å². The predicted molar refractivity (Wildman–Crippen MR) is 89.7 cm³/mol. The molecule has 1 fully saturated rings. The van der Waals surface area contributed by atoms with Crippen molar-refractivity contribution in [2.24, 2.45) is 11.8 Å². The van der Waals surface area contributed by atoms with Crippen molar-refractivity contribution in [2.45, 2.75) is 26.2 Å². The van der Waals surface area contributed by atoms with E-state index in [0.29, 0.717) is 18.3 Å². The van der Waals surface area contributed by atoms with Gasteiger partial charge in [-0.15, -0.1) is 0 Å². The van der Waals surface area contributed by atoms with Crippen LogP contribution >= 0.6 is 0 Å². The number of nitrogens with zero attached hydrogens (tertiary/aromatic N) is 1. The van der Waals surface area contributed by atoms with E-state index in [2.05, 4.69) is 22.5 Å². The fraction of sp³-hybridized carbons (Fsp3) is 0.444. The van der Waals surface area contributed by atoms with Gasteiger partial charge in [0.1, 0.15) is 0 Å². The van der Waals surface area contributed by atoms with Crippen LogP contribution in [0.15, 0.2) is 36.5 Å². The standard InChI is InChI=1S/C18H23N3O/c1-13(15-5-2-8-19-12-15)10-18(22)21-16-6-7-17-14(11-16)4-3-9-20-17/h3-4,6-7,9,11,13,15,19H,2,5,8,10,12H2,1H3,(H,21,22). The van der Waals surface area contributed by atoms with Gasteiger partial charge in [0.2, 0.25) is 5.91 Å². The zero-order valence-corrected chi connectivity index (χ0v) is 13.0. The molecule has 3 rings (SSSR count). The molecule has 1 aliphatic heterocycles. The number of pyridine rings is 1. The molecule has 0 spiro atoms. The number of rotatable bonds is 4. The Bertz CT molecular complexity index is 650. The lowest BCUT2D eigenvalue weighted by molar-refractivity contribution is -0.117. The Morgan fingerprint density at radius 1 is 1.45 bits per heavy atom. The quantitative estimate of drug-likeness (QED) is 0.911. The lowest BCUT2D eigenvalue weighted by Crippen LogP contribution is -2.34. The van der Waals surface area contributed by atoms with Crippen LogP contribution in [0.3, 0.4) is 0 Å². The van der Waals surface area contributed by atoms with Gasteiger partial charge in [0, 0.05) is 23.7 Å². The summed E-state index contributed by atoms with van der Waals surface area (Å²) in [6.45, 7) is 4.33. The molecule has 116 valence electrons. The zero-order valence-electron chi connectivity index (χ0n) is 13.0. The Morgan fingerprint density at radius 3 is 3.18 bits per heavy atom. The molecule has 0 radical (unpaired) electrons. The van der Waals surface area contributed by atoms with E-state index in [4.69, 9.17) is 0 Å². The predicted octanol–water partition coefficient (Wildman–Crippen LogP) is 3.20. The summed E-state index contributed by atoms with van der Waals surface area (Å²) < 4.78 is 0. The molecule has 4 nitrogen and oxygen atoms in total. The highest BCUT2D eigenvalue weighted by Gasteiger charge is 2.22. The number of hydrogen-bond acceptors (Lipinski definition) is 3. The van der Waals surface area contributed by atoms with Crippen molar-refractivity contribution in [3.8, 4) is 0 Å². The van der Waals surface area contributed by atoms with Crippen LogP contribution in [0, 0.1) is 11.8 Å². The summed E-state index contributed by atoms with van der Waals surface area (Å²) in [5.41, 5.74) is 1.79. The SMILES string of the molecule is CC(CC(=O)Nc1ccc2ncccc2c1)C1CCCNC1. The maximum Gasteiger partial charge on any atom is 0.224 e. The molecule has 2 unspecified atom stereocenters. The number of anilines is 1. The van der Waals surface area contributed by atoms with Crippen LogP contribution in [0.1, 0.15) is 26.2 Å². The Morgan fingerprint density at radius 2 is 2.36 bits per heavy atom. The first-order valence-electron chi connectivity index (χ1n) is 8.08. The molecule has 0 aliphatic carbocycles. The van der Waals surface area contributed by atoms with E-state index in [9.17, 15) is 4.79 Å². The van der Waals surface area contributed by atoms with Crippen LogP contribution < -0.4 is 10.6 Å². The molecule has 22 heavy (non-hydrogen) atoms. The fourth-order valence-electron chi connectivity index (χ4n) is 3.19. The number of fused-ring (bicyclic) bond motifs is 1. The summed E-state index contributed by atoms with van der Waals surface area (Å²) in [5, 5.41) is 7.48. The van der Waals surface area contributed by atoms with Crippen LogP contribution in [0.25, 0.3) is 10.9 Å². The third-order valence-corrected chi connectivity index (χ3v) is 4.53. The largest absolute Gasteiger partial charge is 0.326 e. The summed E-state index contributed by atoms with van der Waals surface area (Å²) in [6, 6.07) is 9.76. The van der Waals surface area contributed by atoms with Crippen LogP contribution in [-0.2, 0) is 4.79 Å². The topological polar surface area (TPSA) is 54.0 Å². The van der Waals surface area contributed by atoms with Crippen molar-refractivity contribution in [3.63, 3.8) is 0 Å². The van der Waals surface area contributed by atoms with Gasteiger partial charge >= 0.3 is 0 Å². The number of carbonyl (C=O) groups is 1. The number of piperidine rings is 1. The number of benzene rings is 1. The first-order chi connectivity index (χ1) is 10.7. The Balaban J connectivity index is 1.60. The third kappa shape index (κ3) is 3.63. The Labute approximate surface area is 131 Å². The second-order valence-electron chi connectivity index (χ2n) is 6.25. The maximum absolute atomic E-state index is 12.3. The average Bonchev–Trinajstić information content (AvgIpc) is 2.55. The monoisotopic (exact) mass is 297 g/mol. The molecule has 1 saturated heterocycles. The van der Waals surface area contributed by atoms with E-state index in [0.717, 1.165) is 29.7 Å². The summed E-state index contributed by atoms with van der Waals surface area (Å²) >= 11 is 0. The summed E-state index contributed by atoms with van der Waals surface area (Å²) in [5.74, 6) is 1.12. The number of hydrogen-bond donors (Lipinski definition) is 2. The second kappa shape index (κ2) is 6.88. The third-order valence-electron chi connectivity index (χ3n) is 4.53. The van der Waals surface area contributed by atoms with Gasteiger partial charge in [-0.05, 0) is 62.0 Å². The summed E-state index contributed by atoms with van der Waals surface area (Å²) in [6.07, 6.45) is 4.80.